The molecule has 2 unspecified atom stereocenters. The predicted molar refractivity (Wildman–Crippen MR) is 45.4 cm³/mol. The summed E-state index contributed by atoms with van der Waals surface area (Å²) in [5.41, 5.74) is 5.35. The van der Waals surface area contributed by atoms with Gasteiger partial charge in [0.25, 0.3) is 0 Å². The van der Waals surface area contributed by atoms with Crippen molar-refractivity contribution >= 4 is 0 Å². The molecule has 3 nitrogen and oxygen atoms in total. The van der Waals surface area contributed by atoms with Gasteiger partial charge in [-0.2, -0.15) is 0 Å². The lowest BCUT2D eigenvalue weighted by atomic mass is 10.0. The highest BCUT2D eigenvalue weighted by atomic mass is 16.5. The summed E-state index contributed by atoms with van der Waals surface area (Å²) in [5.74, 6) is 0.696. The van der Waals surface area contributed by atoms with Crippen molar-refractivity contribution < 1.29 is 4.74 Å². The minimum atomic E-state index is 0.431. The second-order valence-electron chi connectivity index (χ2n) is 3.12. The summed E-state index contributed by atoms with van der Waals surface area (Å²) in [6.07, 6.45) is 1.62. The third-order valence-corrected chi connectivity index (χ3v) is 2.26. The van der Waals surface area contributed by atoms with Crippen LogP contribution >= 0.6 is 0 Å². The van der Waals surface area contributed by atoms with E-state index in [1.165, 1.54) is 6.42 Å². The summed E-state index contributed by atoms with van der Waals surface area (Å²) < 4.78 is 5.42. The molecule has 3 N–H and O–H groups in total. The molecule has 2 atom stereocenters. The SMILES string of the molecule is CC1OCCC1CNCCN. The van der Waals surface area contributed by atoms with Crippen LogP contribution in [0.3, 0.4) is 0 Å². The van der Waals surface area contributed by atoms with Gasteiger partial charge in [-0.1, -0.05) is 0 Å². The Kier molecular flexibility index (Phi) is 3.83. The van der Waals surface area contributed by atoms with Crippen molar-refractivity contribution in [2.24, 2.45) is 11.7 Å². The van der Waals surface area contributed by atoms with Gasteiger partial charge in [-0.05, 0) is 19.3 Å². The fraction of sp³-hybridized carbons (Fsp3) is 1.00. The lowest BCUT2D eigenvalue weighted by molar-refractivity contribution is 0.105. The average Bonchev–Trinajstić information content (AvgIpc) is 2.37. The maximum absolute atomic E-state index is 5.42. The Morgan fingerprint density at radius 1 is 1.64 bits per heavy atom. The molecule has 0 spiro atoms. The Morgan fingerprint density at radius 2 is 2.45 bits per heavy atom. The highest BCUT2D eigenvalue weighted by molar-refractivity contribution is 4.74. The molecule has 1 heterocycles. The van der Waals surface area contributed by atoms with Crippen LogP contribution in [-0.4, -0.2) is 32.3 Å². The van der Waals surface area contributed by atoms with Crippen LogP contribution in [0.1, 0.15) is 13.3 Å². The van der Waals surface area contributed by atoms with Gasteiger partial charge in [0.05, 0.1) is 6.10 Å². The molecule has 0 aliphatic carbocycles. The van der Waals surface area contributed by atoms with Crippen molar-refractivity contribution in [1.29, 1.82) is 0 Å². The van der Waals surface area contributed by atoms with Gasteiger partial charge in [-0.15, -0.1) is 0 Å². The van der Waals surface area contributed by atoms with E-state index >= 15 is 0 Å². The molecule has 0 aromatic rings. The van der Waals surface area contributed by atoms with Crippen LogP contribution in [-0.2, 0) is 4.74 Å². The summed E-state index contributed by atoms with van der Waals surface area (Å²) in [7, 11) is 0. The summed E-state index contributed by atoms with van der Waals surface area (Å²) in [6, 6.07) is 0. The number of hydrogen-bond acceptors (Lipinski definition) is 3. The Morgan fingerprint density at radius 3 is 3.00 bits per heavy atom. The smallest absolute Gasteiger partial charge is 0.0588 e. The van der Waals surface area contributed by atoms with Crippen LogP contribution in [0, 0.1) is 5.92 Å². The molecule has 0 saturated carbocycles. The molecule has 0 bridgehead atoms. The van der Waals surface area contributed by atoms with Crippen molar-refractivity contribution in [3.8, 4) is 0 Å². The van der Waals surface area contributed by atoms with E-state index in [9.17, 15) is 0 Å². The third-order valence-electron chi connectivity index (χ3n) is 2.26. The molecule has 1 rings (SSSR count). The fourth-order valence-electron chi connectivity index (χ4n) is 1.43. The molecule has 0 aromatic heterocycles. The molecular weight excluding hydrogens is 140 g/mol. The standard InChI is InChI=1S/C8H18N2O/c1-7-8(2-5-11-7)6-10-4-3-9/h7-8,10H,2-6,9H2,1H3. The molecule has 11 heavy (non-hydrogen) atoms. The van der Waals surface area contributed by atoms with E-state index in [4.69, 9.17) is 10.5 Å². The number of rotatable bonds is 4. The molecule has 1 saturated heterocycles. The van der Waals surface area contributed by atoms with E-state index in [0.717, 1.165) is 26.2 Å². The first-order chi connectivity index (χ1) is 5.34. The number of hydrogen-bond donors (Lipinski definition) is 2. The van der Waals surface area contributed by atoms with Crippen LogP contribution in [0.15, 0.2) is 0 Å². The van der Waals surface area contributed by atoms with Crippen molar-refractivity contribution in [2.45, 2.75) is 19.4 Å². The first kappa shape index (κ1) is 8.97. The first-order valence-corrected chi connectivity index (χ1v) is 4.37. The zero-order chi connectivity index (χ0) is 8.10. The zero-order valence-electron chi connectivity index (χ0n) is 7.18. The van der Waals surface area contributed by atoms with Crippen LogP contribution < -0.4 is 11.1 Å². The molecule has 66 valence electrons. The molecule has 0 radical (unpaired) electrons. The largest absolute Gasteiger partial charge is 0.378 e. The summed E-state index contributed by atoms with van der Waals surface area (Å²) >= 11 is 0. The van der Waals surface area contributed by atoms with Gasteiger partial charge in [0.1, 0.15) is 0 Å². The van der Waals surface area contributed by atoms with Gasteiger partial charge in [-0.3, -0.25) is 0 Å². The van der Waals surface area contributed by atoms with Crippen LogP contribution in [0.4, 0.5) is 0 Å². The van der Waals surface area contributed by atoms with Gasteiger partial charge < -0.3 is 15.8 Å². The third kappa shape index (κ3) is 2.77. The Bertz CT molecular complexity index is 108. The number of nitrogens with one attached hydrogen (secondary N) is 1. The van der Waals surface area contributed by atoms with E-state index in [2.05, 4.69) is 12.2 Å². The lowest BCUT2D eigenvalue weighted by Crippen LogP contribution is -2.30. The normalized spacial score (nSPS) is 31.1. The Hall–Kier alpha value is -0.120. The summed E-state index contributed by atoms with van der Waals surface area (Å²) in [6.45, 7) is 5.77. The summed E-state index contributed by atoms with van der Waals surface area (Å²) in [5, 5.41) is 3.30. The zero-order valence-corrected chi connectivity index (χ0v) is 7.18. The molecule has 3 heteroatoms. The molecular formula is C8H18N2O. The molecule has 1 aliphatic heterocycles. The quantitative estimate of drug-likeness (QED) is 0.564. The number of ether oxygens (including phenoxy) is 1. The van der Waals surface area contributed by atoms with Crippen molar-refractivity contribution in [3.63, 3.8) is 0 Å². The van der Waals surface area contributed by atoms with Crippen LogP contribution in [0.5, 0.6) is 0 Å². The van der Waals surface area contributed by atoms with Crippen LogP contribution in [0.25, 0.3) is 0 Å². The second kappa shape index (κ2) is 4.70. The van der Waals surface area contributed by atoms with E-state index in [1.54, 1.807) is 0 Å². The van der Waals surface area contributed by atoms with Crippen LogP contribution in [0.2, 0.25) is 0 Å². The molecule has 1 fully saturated rings. The topological polar surface area (TPSA) is 47.3 Å². The number of nitrogens with two attached hydrogens (primary N) is 1. The molecule has 1 aliphatic rings. The van der Waals surface area contributed by atoms with E-state index < -0.39 is 0 Å². The average molecular weight is 158 g/mol. The van der Waals surface area contributed by atoms with Gasteiger partial charge in [-0.25, -0.2) is 0 Å². The maximum Gasteiger partial charge on any atom is 0.0588 e. The lowest BCUT2D eigenvalue weighted by Gasteiger charge is -2.13. The second-order valence-corrected chi connectivity index (χ2v) is 3.12. The first-order valence-electron chi connectivity index (χ1n) is 4.37. The molecule has 0 amide bonds. The van der Waals surface area contributed by atoms with E-state index in [-0.39, 0.29) is 0 Å². The minimum absolute atomic E-state index is 0.431. The molecule has 0 aromatic carbocycles. The van der Waals surface area contributed by atoms with E-state index in [0.29, 0.717) is 12.0 Å². The van der Waals surface area contributed by atoms with Crippen molar-refractivity contribution in [2.75, 3.05) is 26.2 Å². The van der Waals surface area contributed by atoms with Gasteiger partial charge in [0.2, 0.25) is 0 Å². The Labute approximate surface area is 68.3 Å². The van der Waals surface area contributed by atoms with Crippen molar-refractivity contribution in [1.82, 2.24) is 5.32 Å². The van der Waals surface area contributed by atoms with Gasteiger partial charge in [0, 0.05) is 26.2 Å². The highest BCUT2D eigenvalue weighted by Gasteiger charge is 2.22. The maximum atomic E-state index is 5.42. The van der Waals surface area contributed by atoms with Gasteiger partial charge >= 0.3 is 0 Å². The predicted octanol–water partition coefficient (Wildman–Crippen LogP) is -0.0403. The van der Waals surface area contributed by atoms with Crippen molar-refractivity contribution in [3.05, 3.63) is 0 Å². The minimum Gasteiger partial charge on any atom is -0.378 e. The monoisotopic (exact) mass is 158 g/mol. The highest BCUT2D eigenvalue weighted by Crippen LogP contribution is 2.18. The Balaban J connectivity index is 2.05. The fourth-order valence-corrected chi connectivity index (χ4v) is 1.43. The van der Waals surface area contributed by atoms with Gasteiger partial charge in [0.15, 0.2) is 0 Å². The summed E-state index contributed by atoms with van der Waals surface area (Å²) in [4.78, 5) is 0. The van der Waals surface area contributed by atoms with E-state index in [1.807, 2.05) is 0 Å².